The van der Waals surface area contributed by atoms with Crippen LogP contribution >= 0.6 is 0 Å². The number of hydrogen-bond acceptors (Lipinski definition) is 3. The molecule has 0 amide bonds. The zero-order valence-electron chi connectivity index (χ0n) is 8.27. The number of rotatable bonds is 5. The van der Waals surface area contributed by atoms with Crippen LogP contribution in [-0.4, -0.2) is 18.4 Å². The second-order valence-corrected chi connectivity index (χ2v) is 3.17. The van der Waals surface area contributed by atoms with E-state index in [4.69, 9.17) is 10.5 Å². The van der Waals surface area contributed by atoms with Crippen LogP contribution in [0.3, 0.4) is 0 Å². The van der Waals surface area contributed by atoms with Crippen molar-refractivity contribution in [1.82, 2.24) is 0 Å². The molecule has 0 bridgehead atoms. The Morgan fingerprint density at radius 1 is 1.43 bits per heavy atom. The summed E-state index contributed by atoms with van der Waals surface area (Å²) < 4.78 is 5.35. The van der Waals surface area contributed by atoms with Crippen LogP contribution in [0.5, 0.6) is 5.75 Å². The summed E-state index contributed by atoms with van der Waals surface area (Å²) in [5.41, 5.74) is 5.41. The van der Waals surface area contributed by atoms with Crippen LogP contribution in [0.2, 0.25) is 0 Å². The van der Waals surface area contributed by atoms with Crippen LogP contribution < -0.4 is 10.5 Å². The molecule has 0 heterocycles. The van der Waals surface area contributed by atoms with E-state index in [2.05, 4.69) is 0 Å². The van der Waals surface area contributed by atoms with E-state index in [0.29, 0.717) is 13.0 Å². The molecule has 0 spiro atoms. The maximum atomic E-state index is 11.1. The number of ether oxygens (including phenoxy) is 1. The number of para-hydroxylation sites is 1. The molecular weight excluding hydrogens is 178 g/mol. The lowest BCUT2D eigenvalue weighted by Gasteiger charge is -2.06. The van der Waals surface area contributed by atoms with Gasteiger partial charge in [0.2, 0.25) is 0 Å². The lowest BCUT2D eigenvalue weighted by atomic mass is 10.2. The maximum absolute atomic E-state index is 11.1. The third kappa shape index (κ3) is 3.58. The molecule has 14 heavy (non-hydrogen) atoms. The SMILES string of the molecule is CC(N)C(=O)CCOc1ccccc1. The lowest BCUT2D eigenvalue weighted by Crippen LogP contribution is -2.27. The van der Waals surface area contributed by atoms with Crippen LogP contribution in [0.15, 0.2) is 30.3 Å². The van der Waals surface area contributed by atoms with E-state index in [-0.39, 0.29) is 5.78 Å². The second-order valence-electron chi connectivity index (χ2n) is 3.17. The molecule has 1 aromatic carbocycles. The van der Waals surface area contributed by atoms with Gasteiger partial charge in [-0.15, -0.1) is 0 Å². The summed E-state index contributed by atoms with van der Waals surface area (Å²) in [6.45, 7) is 2.08. The van der Waals surface area contributed by atoms with Gasteiger partial charge in [-0.2, -0.15) is 0 Å². The van der Waals surface area contributed by atoms with Gasteiger partial charge in [0, 0.05) is 6.42 Å². The summed E-state index contributed by atoms with van der Waals surface area (Å²) in [5.74, 6) is 0.811. The van der Waals surface area contributed by atoms with E-state index >= 15 is 0 Å². The number of ketones is 1. The summed E-state index contributed by atoms with van der Waals surface area (Å²) in [4.78, 5) is 11.1. The highest BCUT2D eigenvalue weighted by Crippen LogP contribution is 2.08. The largest absolute Gasteiger partial charge is 0.493 e. The van der Waals surface area contributed by atoms with Gasteiger partial charge in [-0.3, -0.25) is 4.79 Å². The number of carbonyl (C=O) groups is 1. The second kappa shape index (κ2) is 5.40. The van der Waals surface area contributed by atoms with E-state index in [1.807, 2.05) is 30.3 Å². The van der Waals surface area contributed by atoms with Gasteiger partial charge in [0.05, 0.1) is 12.6 Å². The molecule has 1 atom stereocenters. The van der Waals surface area contributed by atoms with E-state index in [9.17, 15) is 4.79 Å². The van der Waals surface area contributed by atoms with Gasteiger partial charge in [0.15, 0.2) is 5.78 Å². The Morgan fingerprint density at radius 2 is 2.07 bits per heavy atom. The summed E-state index contributed by atoms with van der Waals surface area (Å²) in [7, 11) is 0. The number of benzene rings is 1. The molecule has 0 saturated carbocycles. The summed E-state index contributed by atoms with van der Waals surface area (Å²) >= 11 is 0. The van der Waals surface area contributed by atoms with E-state index < -0.39 is 6.04 Å². The van der Waals surface area contributed by atoms with Crippen molar-refractivity contribution >= 4 is 5.78 Å². The zero-order valence-corrected chi connectivity index (χ0v) is 8.27. The molecule has 0 aliphatic carbocycles. The quantitative estimate of drug-likeness (QED) is 0.768. The van der Waals surface area contributed by atoms with Crippen LogP contribution in [-0.2, 0) is 4.79 Å². The van der Waals surface area contributed by atoms with Crippen molar-refractivity contribution in [2.24, 2.45) is 5.73 Å². The number of Topliss-reactive ketones (excluding diaryl/α,β-unsaturated/α-hetero) is 1. The Balaban J connectivity index is 2.26. The minimum absolute atomic E-state index is 0.0286. The highest BCUT2D eigenvalue weighted by Gasteiger charge is 2.06. The predicted molar refractivity (Wildman–Crippen MR) is 55.2 cm³/mol. The van der Waals surface area contributed by atoms with Crippen molar-refractivity contribution in [3.63, 3.8) is 0 Å². The van der Waals surface area contributed by atoms with Crippen LogP contribution in [0.4, 0.5) is 0 Å². The van der Waals surface area contributed by atoms with Crippen molar-refractivity contribution in [3.05, 3.63) is 30.3 Å². The average molecular weight is 193 g/mol. The number of hydrogen-bond donors (Lipinski definition) is 1. The summed E-state index contributed by atoms with van der Waals surface area (Å²) in [6, 6.07) is 9.02. The average Bonchev–Trinajstić information content (AvgIpc) is 2.19. The monoisotopic (exact) mass is 193 g/mol. The molecule has 0 fully saturated rings. The van der Waals surface area contributed by atoms with Crippen molar-refractivity contribution in [3.8, 4) is 5.75 Å². The molecule has 1 unspecified atom stereocenters. The van der Waals surface area contributed by atoms with Crippen LogP contribution in [0, 0.1) is 0 Å². The molecule has 1 rings (SSSR count). The predicted octanol–water partition coefficient (Wildman–Crippen LogP) is 1.37. The van der Waals surface area contributed by atoms with Gasteiger partial charge in [0.25, 0.3) is 0 Å². The zero-order chi connectivity index (χ0) is 10.4. The third-order valence-corrected chi connectivity index (χ3v) is 1.87. The smallest absolute Gasteiger partial charge is 0.152 e. The Kier molecular flexibility index (Phi) is 4.13. The molecule has 0 saturated heterocycles. The van der Waals surface area contributed by atoms with Crippen molar-refractivity contribution in [2.75, 3.05) is 6.61 Å². The molecule has 0 aliphatic heterocycles. The standard InChI is InChI=1S/C11H15NO2/c1-9(12)11(13)7-8-14-10-5-3-2-4-6-10/h2-6,9H,7-8,12H2,1H3. The fourth-order valence-electron chi connectivity index (χ4n) is 1.01. The number of nitrogens with two attached hydrogens (primary N) is 1. The fourth-order valence-corrected chi connectivity index (χ4v) is 1.01. The molecule has 3 nitrogen and oxygen atoms in total. The Hall–Kier alpha value is -1.35. The summed E-state index contributed by atoms with van der Waals surface area (Å²) in [6.07, 6.45) is 0.368. The molecule has 0 aliphatic rings. The molecule has 76 valence electrons. The first-order valence-corrected chi connectivity index (χ1v) is 4.66. The normalized spacial score (nSPS) is 12.1. The van der Waals surface area contributed by atoms with Gasteiger partial charge in [-0.05, 0) is 19.1 Å². The first-order chi connectivity index (χ1) is 6.70. The molecule has 3 heteroatoms. The third-order valence-electron chi connectivity index (χ3n) is 1.87. The van der Waals surface area contributed by atoms with Crippen molar-refractivity contribution in [1.29, 1.82) is 0 Å². The van der Waals surface area contributed by atoms with E-state index in [0.717, 1.165) is 5.75 Å². The molecular formula is C11H15NO2. The highest BCUT2D eigenvalue weighted by atomic mass is 16.5. The summed E-state index contributed by atoms with van der Waals surface area (Å²) in [5, 5.41) is 0. The minimum Gasteiger partial charge on any atom is -0.493 e. The van der Waals surface area contributed by atoms with Crippen LogP contribution in [0.25, 0.3) is 0 Å². The Morgan fingerprint density at radius 3 is 2.64 bits per heavy atom. The molecule has 1 aromatic rings. The van der Waals surface area contributed by atoms with E-state index in [1.54, 1.807) is 6.92 Å². The van der Waals surface area contributed by atoms with Gasteiger partial charge < -0.3 is 10.5 Å². The van der Waals surface area contributed by atoms with Gasteiger partial charge in [0.1, 0.15) is 5.75 Å². The van der Waals surface area contributed by atoms with E-state index in [1.165, 1.54) is 0 Å². The molecule has 2 N–H and O–H groups in total. The van der Waals surface area contributed by atoms with Crippen molar-refractivity contribution < 1.29 is 9.53 Å². The Bertz CT molecular complexity index is 283. The van der Waals surface area contributed by atoms with Crippen LogP contribution in [0.1, 0.15) is 13.3 Å². The highest BCUT2D eigenvalue weighted by molar-refractivity contribution is 5.83. The van der Waals surface area contributed by atoms with Crippen molar-refractivity contribution in [2.45, 2.75) is 19.4 Å². The number of carbonyl (C=O) groups excluding carboxylic acids is 1. The van der Waals surface area contributed by atoms with Gasteiger partial charge >= 0.3 is 0 Å². The Labute approximate surface area is 83.9 Å². The minimum atomic E-state index is -0.394. The first kappa shape index (κ1) is 10.7. The first-order valence-electron chi connectivity index (χ1n) is 4.66. The molecule has 0 radical (unpaired) electrons. The lowest BCUT2D eigenvalue weighted by molar-refractivity contribution is -0.120. The topological polar surface area (TPSA) is 52.3 Å². The van der Waals surface area contributed by atoms with Gasteiger partial charge in [-0.25, -0.2) is 0 Å². The van der Waals surface area contributed by atoms with Gasteiger partial charge in [-0.1, -0.05) is 18.2 Å². The maximum Gasteiger partial charge on any atom is 0.152 e. The fraction of sp³-hybridized carbons (Fsp3) is 0.364. The molecule has 0 aromatic heterocycles.